The molecule has 8 heteroatoms. The van der Waals surface area contributed by atoms with Crippen LogP contribution in [0.2, 0.25) is 0 Å². The Morgan fingerprint density at radius 2 is 2.41 bits per heavy atom. The molecule has 0 radical (unpaired) electrons. The van der Waals surface area contributed by atoms with Gasteiger partial charge in [0.05, 0.1) is 12.7 Å². The monoisotopic (exact) mass is 239 g/mol. The summed E-state index contributed by atoms with van der Waals surface area (Å²) in [7, 11) is 0. The number of primary amides is 1. The van der Waals surface area contributed by atoms with Crippen molar-refractivity contribution in [2.75, 3.05) is 18.5 Å². The van der Waals surface area contributed by atoms with Gasteiger partial charge in [0, 0.05) is 0 Å². The van der Waals surface area contributed by atoms with Gasteiger partial charge in [0.1, 0.15) is 12.4 Å². The van der Waals surface area contributed by atoms with Crippen molar-refractivity contribution in [3.63, 3.8) is 0 Å². The van der Waals surface area contributed by atoms with E-state index in [1.54, 1.807) is 0 Å². The molecule has 17 heavy (non-hydrogen) atoms. The minimum absolute atomic E-state index is 0.110. The zero-order valence-corrected chi connectivity index (χ0v) is 8.76. The van der Waals surface area contributed by atoms with Gasteiger partial charge in [0.25, 0.3) is 0 Å². The Balaban J connectivity index is 1.97. The van der Waals surface area contributed by atoms with Crippen molar-refractivity contribution in [2.45, 2.75) is 0 Å². The highest BCUT2D eigenvalue weighted by molar-refractivity contribution is 5.64. The summed E-state index contributed by atoms with van der Waals surface area (Å²) >= 11 is 0. The van der Waals surface area contributed by atoms with Crippen LogP contribution in [0.3, 0.4) is 0 Å². The second-order valence-corrected chi connectivity index (χ2v) is 3.18. The van der Waals surface area contributed by atoms with E-state index in [4.69, 9.17) is 5.73 Å². The molecular weight excluding hydrogens is 229 g/mol. The zero-order valence-electron chi connectivity index (χ0n) is 8.76. The molecule has 0 saturated carbocycles. The third-order valence-corrected chi connectivity index (χ3v) is 1.92. The highest BCUT2D eigenvalue weighted by Gasteiger charge is 2.03. The fourth-order valence-electron chi connectivity index (χ4n) is 1.25. The summed E-state index contributed by atoms with van der Waals surface area (Å²) < 4.78 is 18.7. The molecular formula is C9H10FN5O2. The minimum Gasteiger partial charge on any atom is -0.448 e. The molecule has 2 aromatic rings. The highest BCUT2D eigenvalue weighted by atomic mass is 19.1. The second kappa shape index (κ2) is 4.64. The van der Waals surface area contributed by atoms with Gasteiger partial charge in [-0.1, -0.05) is 0 Å². The summed E-state index contributed by atoms with van der Waals surface area (Å²) in [6, 6.07) is 2.80. The quantitative estimate of drug-likeness (QED) is 0.752. The van der Waals surface area contributed by atoms with Gasteiger partial charge in [0.15, 0.2) is 5.65 Å². The van der Waals surface area contributed by atoms with E-state index in [0.29, 0.717) is 18.1 Å². The van der Waals surface area contributed by atoms with Gasteiger partial charge in [-0.25, -0.2) is 13.7 Å². The lowest BCUT2D eigenvalue weighted by Crippen LogP contribution is -2.18. The maximum Gasteiger partial charge on any atom is 0.404 e. The van der Waals surface area contributed by atoms with Crippen LogP contribution in [-0.4, -0.2) is 33.8 Å². The Hall–Kier alpha value is -2.38. The van der Waals surface area contributed by atoms with Crippen LogP contribution in [0.4, 0.5) is 15.1 Å². The third kappa shape index (κ3) is 2.80. The number of fused-ring (bicyclic) bond motifs is 1. The summed E-state index contributed by atoms with van der Waals surface area (Å²) in [6.45, 7) is 0.432. The van der Waals surface area contributed by atoms with Gasteiger partial charge in [-0.05, 0) is 12.1 Å². The number of rotatable bonds is 4. The van der Waals surface area contributed by atoms with Gasteiger partial charge >= 0.3 is 6.09 Å². The number of halogens is 1. The Bertz CT molecular complexity index is 541. The topological polar surface area (TPSA) is 94.5 Å². The van der Waals surface area contributed by atoms with Crippen molar-refractivity contribution in [2.24, 2.45) is 5.73 Å². The molecule has 0 saturated heterocycles. The highest BCUT2D eigenvalue weighted by Crippen LogP contribution is 2.06. The van der Waals surface area contributed by atoms with Crippen LogP contribution in [0.25, 0.3) is 5.65 Å². The van der Waals surface area contributed by atoms with E-state index in [1.165, 1.54) is 22.8 Å². The van der Waals surface area contributed by atoms with E-state index in [1.807, 2.05) is 0 Å². The lowest BCUT2D eigenvalue weighted by Gasteiger charge is -2.00. The molecule has 0 aliphatic heterocycles. The molecule has 0 aliphatic rings. The molecule has 7 nitrogen and oxygen atoms in total. The average molecular weight is 239 g/mol. The predicted octanol–water partition coefficient (Wildman–Crippen LogP) is 0.376. The van der Waals surface area contributed by atoms with E-state index in [0.717, 1.165) is 0 Å². The molecule has 0 aromatic carbocycles. The molecule has 2 rings (SSSR count). The number of nitrogens with two attached hydrogens (primary N) is 1. The van der Waals surface area contributed by atoms with Crippen molar-refractivity contribution in [1.29, 1.82) is 0 Å². The van der Waals surface area contributed by atoms with Gasteiger partial charge in [-0.3, -0.25) is 0 Å². The molecule has 0 aliphatic carbocycles. The number of aromatic nitrogens is 3. The maximum atomic E-state index is 12.9. The molecule has 2 heterocycles. The number of carbonyl (C=O) groups excluding carboxylic acids is 1. The Kier molecular flexibility index (Phi) is 3.03. The van der Waals surface area contributed by atoms with Crippen LogP contribution < -0.4 is 11.1 Å². The second-order valence-electron chi connectivity index (χ2n) is 3.18. The van der Waals surface area contributed by atoms with E-state index in [9.17, 15) is 9.18 Å². The first kappa shape index (κ1) is 11.1. The van der Waals surface area contributed by atoms with Crippen LogP contribution in [0, 0.1) is 5.82 Å². The molecule has 90 valence electrons. The molecule has 1 amide bonds. The van der Waals surface area contributed by atoms with Crippen molar-refractivity contribution < 1.29 is 13.9 Å². The van der Waals surface area contributed by atoms with Crippen molar-refractivity contribution >= 4 is 17.7 Å². The average Bonchev–Trinajstić information content (AvgIpc) is 2.66. The first-order valence-corrected chi connectivity index (χ1v) is 4.83. The maximum absolute atomic E-state index is 12.9. The number of ether oxygens (including phenoxy) is 1. The standard InChI is InChI=1S/C9H10FN5O2/c10-6-1-2-7-13-9(14-15(7)5-6)12-3-4-17-8(11)16/h1-2,5H,3-4H2,(H2,11,16)(H,12,14). The van der Waals surface area contributed by atoms with Gasteiger partial charge in [-0.15, -0.1) is 5.10 Å². The van der Waals surface area contributed by atoms with E-state index < -0.39 is 11.9 Å². The van der Waals surface area contributed by atoms with Crippen molar-refractivity contribution in [3.05, 3.63) is 24.1 Å². The lowest BCUT2D eigenvalue weighted by atomic mass is 10.5. The fourth-order valence-corrected chi connectivity index (χ4v) is 1.25. The summed E-state index contributed by atoms with van der Waals surface area (Å²) in [5.74, 6) is -0.0744. The first-order chi connectivity index (χ1) is 8.15. The molecule has 0 unspecified atom stereocenters. The summed E-state index contributed by atoms with van der Waals surface area (Å²) in [5, 5.41) is 6.78. The largest absolute Gasteiger partial charge is 0.448 e. The Morgan fingerprint density at radius 3 is 3.18 bits per heavy atom. The summed E-state index contributed by atoms with van der Waals surface area (Å²) in [5.41, 5.74) is 5.30. The van der Waals surface area contributed by atoms with E-state index in [-0.39, 0.29) is 6.61 Å². The van der Waals surface area contributed by atoms with Crippen LogP contribution in [0.15, 0.2) is 18.3 Å². The Labute approximate surface area is 95.4 Å². The zero-order chi connectivity index (χ0) is 12.3. The fraction of sp³-hybridized carbons (Fsp3) is 0.222. The molecule has 0 bridgehead atoms. The number of anilines is 1. The van der Waals surface area contributed by atoms with Crippen LogP contribution in [0.5, 0.6) is 0 Å². The Morgan fingerprint density at radius 1 is 1.59 bits per heavy atom. The summed E-state index contributed by atoms with van der Waals surface area (Å²) in [4.78, 5) is 14.4. The molecule has 3 N–H and O–H groups in total. The van der Waals surface area contributed by atoms with E-state index >= 15 is 0 Å². The normalized spacial score (nSPS) is 10.4. The predicted molar refractivity (Wildman–Crippen MR) is 57.0 cm³/mol. The van der Waals surface area contributed by atoms with Gasteiger partial charge in [-0.2, -0.15) is 4.98 Å². The van der Waals surface area contributed by atoms with Crippen LogP contribution in [0.1, 0.15) is 0 Å². The van der Waals surface area contributed by atoms with Gasteiger partial charge in [0.2, 0.25) is 5.95 Å². The number of nitrogens with one attached hydrogen (secondary N) is 1. The third-order valence-electron chi connectivity index (χ3n) is 1.92. The number of amides is 1. The smallest absolute Gasteiger partial charge is 0.404 e. The van der Waals surface area contributed by atoms with Gasteiger partial charge < -0.3 is 15.8 Å². The van der Waals surface area contributed by atoms with Crippen molar-refractivity contribution in [1.82, 2.24) is 14.6 Å². The molecule has 2 aromatic heterocycles. The van der Waals surface area contributed by atoms with E-state index in [2.05, 4.69) is 20.1 Å². The minimum atomic E-state index is -0.836. The molecule has 0 spiro atoms. The number of pyridine rings is 1. The number of nitrogens with zero attached hydrogens (tertiary/aromatic N) is 3. The van der Waals surface area contributed by atoms with Crippen LogP contribution >= 0.6 is 0 Å². The van der Waals surface area contributed by atoms with Crippen LogP contribution in [-0.2, 0) is 4.74 Å². The SMILES string of the molecule is NC(=O)OCCNc1nc2ccc(F)cn2n1. The number of hydrogen-bond donors (Lipinski definition) is 2. The number of hydrogen-bond acceptors (Lipinski definition) is 5. The number of carbonyl (C=O) groups is 1. The lowest BCUT2D eigenvalue weighted by molar-refractivity contribution is 0.161. The molecule has 0 atom stereocenters. The first-order valence-electron chi connectivity index (χ1n) is 4.83. The van der Waals surface area contributed by atoms with Crippen molar-refractivity contribution in [3.8, 4) is 0 Å². The summed E-state index contributed by atoms with van der Waals surface area (Å²) in [6.07, 6.45) is 0.379. The molecule has 0 fully saturated rings.